The summed E-state index contributed by atoms with van der Waals surface area (Å²) in [6.45, 7) is 5.19. The summed E-state index contributed by atoms with van der Waals surface area (Å²) in [5.74, 6) is -0.314. The fourth-order valence-electron chi connectivity index (χ4n) is 1.43. The summed E-state index contributed by atoms with van der Waals surface area (Å²) in [5, 5.41) is 26.2. The van der Waals surface area contributed by atoms with Crippen LogP contribution in [0.1, 0.15) is 27.2 Å². The highest BCUT2D eigenvalue weighted by Gasteiger charge is 2.31. The van der Waals surface area contributed by atoms with Crippen molar-refractivity contribution < 1.29 is 14.8 Å². The van der Waals surface area contributed by atoms with Crippen molar-refractivity contribution in [3.05, 3.63) is 22.5 Å². The van der Waals surface area contributed by atoms with Gasteiger partial charge in [0.1, 0.15) is 17.9 Å². The molecule has 0 saturated carbocycles. The third-order valence-corrected chi connectivity index (χ3v) is 2.76. The van der Waals surface area contributed by atoms with Crippen molar-refractivity contribution in [3.63, 3.8) is 0 Å². The van der Waals surface area contributed by atoms with Crippen LogP contribution in [-0.4, -0.2) is 38.4 Å². The first-order chi connectivity index (χ1) is 8.75. The number of aliphatic hydroxyl groups excluding tert-OH is 1. The molecule has 2 N–H and O–H groups in total. The SMILES string of the molecule is CC(O)CCNC(=O)C(C)(C)n1cc([N+](=O)[O-])cn1. The highest BCUT2D eigenvalue weighted by Crippen LogP contribution is 2.18. The van der Waals surface area contributed by atoms with Crippen LogP contribution in [0.5, 0.6) is 0 Å². The van der Waals surface area contributed by atoms with E-state index in [4.69, 9.17) is 5.11 Å². The molecule has 106 valence electrons. The Hall–Kier alpha value is -1.96. The number of carbonyl (C=O) groups excluding carboxylic acids is 1. The molecule has 1 atom stereocenters. The fraction of sp³-hybridized carbons (Fsp3) is 0.636. The molecule has 1 aromatic heterocycles. The van der Waals surface area contributed by atoms with Crippen molar-refractivity contribution >= 4 is 11.6 Å². The first-order valence-corrected chi connectivity index (χ1v) is 5.91. The van der Waals surface area contributed by atoms with Gasteiger partial charge >= 0.3 is 5.69 Å². The van der Waals surface area contributed by atoms with Crippen LogP contribution in [-0.2, 0) is 10.3 Å². The van der Waals surface area contributed by atoms with Crippen LogP contribution in [0.25, 0.3) is 0 Å². The normalized spacial score (nSPS) is 13.1. The van der Waals surface area contributed by atoms with Crippen LogP contribution in [0.3, 0.4) is 0 Å². The van der Waals surface area contributed by atoms with Gasteiger partial charge in [0, 0.05) is 6.54 Å². The molecule has 1 aromatic rings. The Balaban J connectivity index is 2.72. The highest BCUT2D eigenvalue weighted by atomic mass is 16.6. The fourth-order valence-corrected chi connectivity index (χ4v) is 1.43. The summed E-state index contributed by atoms with van der Waals surface area (Å²) in [4.78, 5) is 22.0. The maximum absolute atomic E-state index is 12.0. The second-order valence-corrected chi connectivity index (χ2v) is 4.85. The Morgan fingerprint density at radius 1 is 1.68 bits per heavy atom. The smallest absolute Gasteiger partial charge is 0.307 e. The molecule has 0 spiro atoms. The number of aromatic nitrogens is 2. The second kappa shape index (κ2) is 5.79. The number of hydrogen-bond donors (Lipinski definition) is 2. The Bertz CT molecular complexity index is 467. The van der Waals surface area contributed by atoms with Gasteiger partial charge in [-0.1, -0.05) is 0 Å². The highest BCUT2D eigenvalue weighted by molar-refractivity contribution is 5.83. The number of nitro groups is 1. The van der Waals surface area contributed by atoms with Gasteiger partial charge in [-0.25, -0.2) is 0 Å². The number of aliphatic hydroxyl groups is 1. The molecule has 0 bridgehead atoms. The van der Waals surface area contributed by atoms with Gasteiger partial charge in [0.15, 0.2) is 0 Å². The van der Waals surface area contributed by atoms with Crippen LogP contribution in [0, 0.1) is 10.1 Å². The Labute approximate surface area is 110 Å². The van der Waals surface area contributed by atoms with Gasteiger partial charge in [-0.15, -0.1) is 0 Å². The van der Waals surface area contributed by atoms with Crippen molar-refractivity contribution in [1.82, 2.24) is 15.1 Å². The van der Waals surface area contributed by atoms with E-state index in [1.165, 1.54) is 10.9 Å². The number of nitrogens with one attached hydrogen (secondary N) is 1. The molecule has 1 rings (SSSR count). The molecule has 0 aliphatic carbocycles. The van der Waals surface area contributed by atoms with Gasteiger partial charge in [-0.05, 0) is 27.2 Å². The van der Waals surface area contributed by atoms with Gasteiger partial charge in [0.05, 0.1) is 11.0 Å². The van der Waals surface area contributed by atoms with E-state index < -0.39 is 16.6 Å². The minimum Gasteiger partial charge on any atom is -0.393 e. The Kier molecular flexibility index (Phi) is 4.60. The summed E-state index contributed by atoms with van der Waals surface area (Å²) < 4.78 is 1.25. The molecule has 1 unspecified atom stereocenters. The molecule has 0 aromatic carbocycles. The first kappa shape index (κ1) is 15.1. The summed E-state index contributed by atoms with van der Waals surface area (Å²) in [5.41, 5.74) is -1.20. The molecular weight excluding hydrogens is 252 g/mol. The maximum atomic E-state index is 12.0. The molecule has 0 radical (unpaired) electrons. The van der Waals surface area contributed by atoms with Crippen LogP contribution in [0.4, 0.5) is 5.69 Å². The van der Waals surface area contributed by atoms with Crippen LogP contribution >= 0.6 is 0 Å². The molecular formula is C11H18N4O4. The van der Waals surface area contributed by atoms with Crippen molar-refractivity contribution in [3.8, 4) is 0 Å². The van der Waals surface area contributed by atoms with E-state index >= 15 is 0 Å². The summed E-state index contributed by atoms with van der Waals surface area (Å²) >= 11 is 0. The van der Waals surface area contributed by atoms with E-state index in [9.17, 15) is 14.9 Å². The molecule has 0 aliphatic rings. The van der Waals surface area contributed by atoms with Gasteiger partial charge in [0.25, 0.3) is 0 Å². The number of hydrogen-bond acceptors (Lipinski definition) is 5. The van der Waals surface area contributed by atoms with Crippen molar-refractivity contribution in [1.29, 1.82) is 0 Å². The van der Waals surface area contributed by atoms with Gasteiger partial charge < -0.3 is 10.4 Å². The molecule has 0 aliphatic heterocycles. The van der Waals surface area contributed by atoms with Crippen LogP contribution < -0.4 is 5.32 Å². The number of nitrogens with zero attached hydrogens (tertiary/aromatic N) is 3. The monoisotopic (exact) mass is 270 g/mol. The lowest BCUT2D eigenvalue weighted by Crippen LogP contribution is -2.45. The van der Waals surface area contributed by atoms with E-state index in [1.807, 2.05) is 0 Å². The molecule has 8 nitrogen and oxygen atoms in total. The zero-order valence-corrected chi connectivity index (χ0v) is 11.2. The lowest BCUT2D eigenvalue weighted by molar-refractivity contribution is -0.385. The largest absolute Gasteiger partial charge is 0.393 e. The zero-order chi connectivity index (χ0) is 14.6. The average molecular weight is 270 g/mol. The number of amides is 1. The molecule has 1 amide bonds. The second-order valence-electron chi connectivity index (χ2n) is 4.85. The Morgan fingerprint density at radius 2 is 2.32 bits per heavy atom. The molecule has 1 heterocycles. The molecule has 19 heavy (non-hydrogen) atoms. The van der Waals surface area contributed by atoms with Crippen LogP contribution in [0.2, 0.25) is 0 Å². The van der Waals surface area contributed by atoms with E-state index in [1.54, 1.807) is 20.8 Å². The topological polar surface area (TPSA) is 110 Å². The number of rotatable bonds is 6. The third-order valence-electron chi connectivity index (χ3n) is 2.76. The van der Waals surface area contributed by atoms with E-state index in [-0.39, 0.29) is 11.6 Å². The summed E-state index contributed by atoms with van der Waals surface area (Å²) in [7, 11) is 0. The predicted octanol–water partition coefficient (Wildman–Crippen LogP) is 0.413. The number of carbonyl (C=O) groups is 1. The van der Waals surface area contributed by atoms with E-state index in [0.717, 1.165) is 6.20 Å². The van der Waals surface area contributed by atoms with Crippen molar-refractivity contribution in [2.45, 2.75) is 38.8 Å². The minimum absolute atomic E-state index is 0.162. The lowest BCUT2D eigenvalue weighted by atomic mass is 10.1. The van der Waals surface area contributed by atoms with Crippen molar-refractivity contribution in [2.24, 2.45) is 0 Å². The third kappa shape index (κ3) is 3.75. The average Bonchev–Trinajstić information content (AvgIpc) is 2.78. The standard InChI is InChI=1S/C11H18N4O4/c1-8(16)4-5-12-10(17)11(2,3)14-7-9(6-13-14)15(18)19/h6-8,16H,4-5H2,1-3H3,(H,12,17). The first-order valence-electron chi connectivity index (χ1n) is 5.91. The van der Waals surface area contributed by atoms with E-state index in [2.05, 4.69) is 10.4 Å². The van der Waals surface area contributed by atoms with E-state index in [0.29, 0.717) is 13.0 Å². The maximum Gasteiger partial charge on any atom is 0.307 e. The van der Waals surface area contributed by atoms with Gasteiger partial charge in [-0.3, -0.25) is 19.6 Å². The predicted molar refractivity (Wildman–Crippen MR) is 67.5 cm³/mol. The lowest BCUT2D eigenvalue weighted by Gasteiger charge is -2.24. The van der Waals surface area contributed by atoms with Crippen molar-refractivity contribution in [2.75, 3.05) is 6.54 Å². The zero-order valence-electron chi connectivity index (χ0n) is 11.2. The van der Waals surface area contributed by atoms with Gasteiger partial charge in [-0.2, -0.15) is 5.10 Å². The molecule has 0 saturated heterocycles. The summed E-state index contributed by atoms with van der Waals surface area (Å²) in [6, 6.07) is 0. The molecule has 8 heteroatoms. The quantitative estimate of drug-likeness (QED) is 0.574. The molecule has 0 fully saturated rings. The Morgan fingerprint density at radius 3 is 2.79 bits per heavy atom. The minimum atomic E-state index is -1.03. The summed E-state index contributed by atoms with van der Waals surface area (Å²) in [6.07, 6.45) is 2.27. The van der Waals surface area contributed by atoms with Crippen LogP contribution in [0.15, 0.2) is 12.4 Å². The van der Waals surface area contributed by atoms with Gasteiger partial charge in [0.2, 0.25) is 5.91 Å².